The number of hydrogen-bond acceptors (Lipinski definition) is 12. The van der Waals surface area contributed by atoms with E-state index in [4.69, 9.17) is 15.2 Å². The molecule has 0 amide bonds. The minimum Gasteiger partial charge on any atom is -0.496 e. The molecule has 0 aliphatic heterocycles. The first-order valence-corrected chi connectivity index (χ1v) is 25.5. The molecule has 25 heteroatoms. The van der Waals surface area contributed by atoms with Crippen LogP contribution in [0.5, 0.6) is 17.2 Å². The highest BCUT2D eigenvalue weighted by molar-refractivity contribution is 7.90. The lowest BCUT2D eigenvalue weighted by atomic mass is 9.96. The van der Waals surface area contributed by atoms with Crippen molar-refractivity contribution in [3.8, 4) is 39.5 Å². The third-order valence-corrected chi connectivity index (χ3v) is 15.0. The van der Waals surface area contributed by atoms with E-state index in [9.17, 15) is 65.1 Å². The Morgan fingerprint density at radius 2 is 1.00 bits per heavy atom. The van der Waals surface area contributed by atoms with Crippen molar-refractivity contribution in [2.75, 3.05) is 20.0 Å². The largest absolute Gasteiger partial charge is 0.496 e. The van der Waals surface area contributed by atoms with Crippen LogP contribution in [-0.2, 0) is 38.1 Å². The molecule has 0 unspecified atom stereocenters. The average Bonchev–Trinajstić information content (AvgIpc) is 4.09. The molecular weight excluding hydrogens is 1080 g/mol. The summed E-state index contributed by atoms with van der Waals surface area (Å²) in [5.74, 6) is -14.4. The molecule has 2 heterocycles. The number of aromatic nitrogens is 2. The lowest BCUT2D eigenvalue weighted by Gasteiger charge is -2.15. The van der Waals surface area contributed by atoms with Gasteiger partial charge in [0.05, 0.1) is 30.2 Å². The Morgan fingerprint density at radius 3 is 1.42 bits per heavy atom. The van der Waals surface area contributed by atoms with Crippen LogP contribution in [0.4, 0.5) is 53.4 Å². The number of hydrogen-bond donors (Lipinski definition) is 1. The number of nitrogen functional groups attached to an aromatic ring is 1. The van der Waals surface area contributed by atoms with E-state index >= 15 is 0 Å². The van der Waals surface area contributed by atoms with Crippen LogP contribution in [0.15, 0.2) is 142 Å². The molecule has 2 N–H and O–H groups in total. The summed E-state index contributed by atoms with van der Waals surface area (Å²) in [7, 11) is -6.20. The van der Waals surface area contributed by atoms with Gasteiger partial charge in [-0.2, -0.15) is 43.5 Å². The van der Waals surface area contributed by atoms with E-state index in [0.717, 1.165) is 36.4 Å². The highest BCUT2D eigenvalue weighted by Crippen LogP contribution is 2.42. The maximum Gasteiger partial charge on any atom is 0.416 e. The van der Waals surface area contributed by atoms with Crippen molar-refractivity contribution in [1.29, 1.82) is 0 Å². The second-order valence-electron chi connectivity index (χ2n) is 15.2. The van der Waals surface area contributed by atoms with Crippen LogP contribution >= 0.6 is 22.7 Å². The van der Waals surface area contributed by atoms with Crippen molar-refractivity contribution in [1.82, 2.24) is 9.97 Å². The normalized spacial score (nSPS) is 11.9. The summed E-state index contributed by atoms with van der Waals surface area (Å²) < 4.78 is 212. The Morgan fingerprint density at radius 1 is 0.541 bits per heavy atom. The molecular formula is C49H32F11N3O7S4. The molecule has 0 radical (unpaired) electrons. The lowest BCUT2D eigenvalue weighted by Crippen LogP contribution is -2.14. The Hall–Kier alpha value is -7.35. The van der Waals surface area contributed by atoms with Crippen molar-refractivity contribution in [3.05, 3.63) is 178 Å². The number of alkyl halides is 6. The quantitative estimate of drug-likeness (QED) is 0.0607. The number of nitrogens with two attached hydrogens (primary N) is 1. The maximum atomic E-state index is 13.9. The lowest BCUT2D eigenvalue weighted by molar-refractivity contribution is -0.138. The zero-order valence-corrected chi connectivity index (χ0v) is 40.8. The number of methoxy groups -OCH3 is 2. The molecule has 74 heavy (non-hydrogen) atoms. The predicted octanol–water partition coefficient (Wildman–Crippen LogP) is 13.7. The summed E-state index contributed by atoms with van der Waals surface area (Å²) in [6.45, 7) is 0. The molecule has 9 aromatic rings. The molecule has 7 aromatic carbocycles. The fourth-order valence-corrected chi connectivity index (χ4v) is 10.8. The predicted molar refractivity (Wildman–Crippen MR) is 255 cm³/mol. The fourth-order valence-electron chi connectivity index (χ4n) is 7.14. The van der Waals surface area contributed by atoms with E-state index < -0.39 is 83.2 Å². The molecule has 0 saturated carbocycles. The minimum absolute atomic E-state index is 0.0859. The summed E-state index contributed by atoms with van der Waals surface area (Å²) in [5, 5.41) is 6.59. The number of benzene rings is 7. The smallest absolute Gasteiger partial charge is 0.416 e. The van der Waals surface area contributed by atoms with Gasteiger partial charge in [-0.25, -0.2) is 31.6 Å². The number of rotatable bonds is 10. The molecule has 0 saturated heterocycles. The van der Waals surface area contributed by atoms with Crippen molar-refractivity contribution >= 4 is 69.3 Å². The Kier molecular flexibility index (Phi) is 15.9. The SMILES string of the molecule is COc1cc(C(F)(F)F)ccc1-c1cccc2cc(S(=O)(=O)Cc3nccs3)ccc12.COc1cc(C(F)(F)F)ccc1-c1cccc2cc(S(=O)(=O)Oc3c(F)c(F)c(F)c(F)c3F)ccc12.Nc1nccs1. The molecule has 0 fully saturated rings. The van der Waals surface area contributed by atoms with Crippen molar-refractivity contribution in [3.63, 3.8) is 0 Å². The van der Waals surface area contributed by atoms with Crippen molar-refractivity contribution in [2.45, 2.75) is 27.9 Å². The first kappa shape index (κ1) is 54.4. The zero-order chi connectivity index (χ0) is 53.9. The summed E-state index contributed by atoms with van der Waals surface area (Å²) in [4.78, 5) is 7.21. The van der Waals surface area contributed by atoms with Gasteiger partial charge in [-0.15, -0.1) is 22.7 Å². The zero-order valence-electron chi connectivity index (χ0n) is 37.5. The van der Waals surface area contributed by atoms with Crippen LogP contribution < -0.4 is 19.4 Å². The van der Waals surface area contributed by atoms with Crippen LogP contribution in [0.3, 0.4) is 0 Å². The third kappa shape index (κ3) is 11.9. The van der Waals surface area contributed by atoms with E-state index in [1.54, 1.807) is 48.1 Å². The topological polar surface area (TPSA) is 148 Å². The third-order valence-electron chi connectivity index (χ3n) is 10.6. The summed E-state index contributed by atoms with van der Waals surface area (Å²) in [5.41, 5.74) is 5.16. The molecule has 386 valence electrons. The van der Waals surface area contributed by atoms with Crippen LogP contribution in [0.25, 0.3) is 43.8 Å². The molecule has 0 aliphatic carbocycles. The molecule has 10 nitrogen and oxygen atoms in total. The molecule has 0 spiro atoms. The number of fused-ring (bicyclic) bond motifs is 2. The Bertz CT molecular complexity index is 3720. The van der Waals surface area contributed by atoms with Gasteiger partial charge in [-0.3, -0.25) is 0 Å². The van der Waals surface area contributed by atoms with E-state index in [2.05, 4.69) is 14.2 Å². The van der Waals surface area contributed by atoms with Gasteiger partial charge in [0.15, 0.2) is 15.0 Å². The van der Waals surface area contributed by atoms with Gasteiger partial charge >= 0.3 is 22.5 Å². The van der Waals surface area contributed by atoms with Gasteiger partial charge in [0, 0.05) is 34.3 Å². The Labute approximate surface area is 421 Å². The number of thiazole rings is 2. The molecule has 9 rings (SSSR count). The number of ether oxygens (including phenoxy) is 2. The van der Waals surface area contributed by atoms with Crippen LogP contribution in [0.1, 0.15) is 16.1 Å². The monoisotopic (exact) mass is 1110 g/mol. The van der Waals surface area contributed by atoms with E-state index in [0.29, 0.717) is 43.0 Å². The average molecular weight is 1110 g/mol. The fraction of sp³-hybridized carbons (Fsp3) is 0.102. The van der Waals surface area contributed by atoms with Gasteiger partial charge in [0.25, 0.3) is 0 Å². The summed E-state index contributed by atoms with van der Waals surface area (Å²) >= 11 is 2.71. The number of anilines is 1. The van der Waals surface area contributed by atoms with Crippen LogP contribution in [0.2, 0.25) is 0 Å². The molecule has 2 aromatic heterocycles. The van der Waals surface area contributed by atoms with Gasteiger partial charge in [-0.1, -0.05) is 60.7 Å². The number of sulfone groups is 1. The van der Waals surface area contributed by atoms with Crippen molar-refractivity contribution < 1.29 is 78.8 Å². The van der Waals surface area contributed by atoms with E-state index in [1.165, 1.54) is 79.4 Å². The van der Waals surface area contributed by atoms with Gasteiger partial charge in [-0.05, 0) is 81.2 Å². The summed E-state index contributed by atoms with van der Waals surface area (Å²) in [6, 6.07) is 23.7. The molecule has 0 bridgehead atoms. The minimum atomic E-state index is -5.09. The molecule has 0 atom stereocenters. The van der Waals surface area contributed by atoms with E-state index in [1.807, 2.05) is 5.38 Å². The van der Waals surface area contributed by atoms with Gasteiger partial charge < -0.3 is 19.4 Å². The second-order valence-corrected chi connectivity index (χ2v) is 20.6. The maximum absolute atomic E-state index is 13.9. The van der Waals surface area contributed by atoms with E-state index in [-0.39, 0.29) is 33.1 Å². The van der Waals surface area contributed by atoms with Gasteiger partial charge in [0.2, 0.25) is 34.8 Å². The highest BCUT2D eigenvalue weighted by atomic mass is 32.2. The Balaban J connectivity index is 0.000000196. The number of halogens is 11. The highest BCUT2D eigenvalue weighted by Gasteiger charge is 2.34. The summed E-state index contributed by atoms with van der Waals surface area (Å²) in [6.07, 6.45) is -5.87. The van der Waals surface area contributed by atoms with Crippen LogP contribution in [0, 0.1) is 29.1 Å². The van der Waals surface area contributed by atoms with Crippen molar-refractivity contribution in [2.24, 2.45) is 0 Å². The standard InChI is InChI=1S/C24H12F8O4S.C22H16F3NO3S2.C3H4N2S/c1-35-17-10-12(24(30,31)32)5-7-16(17)15-4-2-3-11-9-13(6-8-14(11)15)37(33,34)36-23-21(28)19(26)18(25)20(27)22(23)29;1-29-20-12-15(22(23,24)25)5-7-19(20)18-4-2-3-14-11-16(6-8-17(14)18)31(27,28)13-21-26-9-10-30-21;4-3-5-1-2-6-3/h2-10H,1H3;2-12H,13H2,1H3;1-2H,(H2,4,5). The number of nitrogens with zero attached hydrogens (tertiary/aromatic N) is 2. The van der Waals surface area contributed by atoms with Crippen LogP contribution in [-0.4, -0.2) is 41.0 Å². The second kappa shape index (κ2) is 21.6. The first-order chi connectivity index (χ1) is 34.8. The first-order valence-electron chi connectivity index (χ1n) is 20.6. The van der Waals surface area contributed by atoms with Gasteiger partial charge in [0.1, 0.15) is 27.2 Å². The molecule has 0 aliphatic rings.